The highest BCUT2D eigenvalue weighted by Crippen LogP contribution is 2.44. The quantitative estimate of drug-likeness (QED) is 0.620. The number of nitrogens with zero attached hydrogens (tertiary/aromatic N) is 1. The van der Waals surface area contributed by atoms with E-state index in [9.17, 15) is 10.1 Å². The number of thiophene rings is 1. The van der Waals surface area contributed by atoms with E-state index in [1.165, 1.54) is 24.2 Å². The van der Waals surface area contributed by atoms with E-state index < -0.39 is 0 Å². The molecule has 1 N–H and O–H groups in total. The Labute approximate surface area is 92.5 Å². The van der Waals surface area contributed by atoms with Gasteiger partial charge >= 0.3 is 5.00 Å². The van der Waals surface area contributed by atoms with Crippen molar-refractivity contribution in [3.8, 4) is 0 Å². The number of nitrogens with one attached hydrogen (secondary N) is 1. The lowest BCUT2D eigenvalue weighted by Gasteiger charge is -2.08. The molecule has 5 heteroatoms. The summed E-state index contributed by atoms with van der Waals surface area (Å²) in [5, 5.41) is 14.0. The van der Waals surface area contributed by atoms with E-state index in [-0.39, 0.29) is 9.92 Å². The summed E-state index contributed by atoms with van der Waals surface area (Å²) in [6, 6.07) is 3.39. The predicted octanol–water partition coefficient (Wildman–Crippen LogP) is 2.55. The van der Waals surface area contributed by atoms with Crippen molar-refractivity contribution in [3.05, 3.63) is 27.1 Å². The smallest absolute Gasteiger partial charge is 0.311 e. The van der Waals surface area contributed by atoms with Crippen molar-refractivity contribution in [1.82, 2.24) is 5.32 Å². The lowest BCUT2D eigenvalue weighted by molar-refractivity contribution is -0.380. The van der Waals surface area contributed by atoms with Gasteiger partial charge in [-0.05, 0) is 24.3 Å². The van der Waals surface area contributed by atoms with Gasteiger partial charge in [0.05, 0.1) is 4.92 Å². The van der Waals surface area contributed by atoms with E-state index in [0.29, 0.717) is 5.41 Å². The number of rotatable bonds is 5. The SMILES string of the molecule is CC1(CNCc2ccc([N+](=O)[O-])s2)CC1. The first-order valence-corrected chi connectivity index (χ1v) is 5.85. The molecule has 0 radical (unpaired) electrons. The van der Waals surface area contributed by atoms with Crippen LogP contribution in [0.2, 0.25) is 0 Å². The van der Waals surface area contributed by atoms with E-state index >= 15 is 0 Å². The molecule has 0 unspecified atom stereocenters. The summed E-state index contributed by atoms with van der Waals surface area (Å²) in [5.41, 5.74) is 0.489. The molecule has 0 amide bonds. The number of nitro groups is 1. The second kappa shape index (κ2) is 3.90. The van der Waals surface area contributed by atoms with Crippen LogP contribution in [0, 0.1) is 15.5 Å². The van der Waals surface area contributed by atoms with Gasteiger partial charge in [-0.1, -0.05) is 18.3 Å². The second-order valence-electron chi connectivity index (χ2n) is 4.41. The van der Waals surface area contributed by atoms with E-state index in [1.807, 2.05) is 6.07 Å². The Bertz CT molecular complexity index is 371. The van der Waals surface area contributed by atoms with Gasteiger partial charge in [-0.3, -0.25) is 10.1 Å². The maximum Gasteiger partial charge on any atom is 0.324 e. The minimum atomic E-state index is -0.337. The highest BCUT2D eigenvalue weighted by Gasteiger charge is 2.36. The van der Waals surface area contributed by atoms with Crippen LogP contribution >= 0.6 is 11.3 Å². The van der Waals surface area contributed by atoms with E-state index in [2.05, 4.69) is 12.2 Å². The van der Waals surface area contributed by atoms with Crippen LogP contribution in [-0.4, -0.2) is 11.5 Å². The average molecular weight is 226 g/mol. The predicted molar refractivity (Wildman–Crippen MR) is 60.0 cm³/mol. The zero-order chi connectivity index (χ0) is 10.9. The second-order valence-corrected chi connectivity index (χ2v) is 5.56. The van der Waals surface area contributed by atoms with Crippen LogP contribution in [0.1, 0.15) is 24.6 Å². The standard InChI is InChI=1S/C10H14N2O2S/c1-10(4-5-10)7-11-6-8-2-3-9(15-8)12(13)14/h2-3,11H,4-7H2,1H3. The van der Waals surface area contributed by atoms with Gasteiger partial charge in [0.1, 0.15) is 0 Å². The Morgan fingerprint density at radius 2 is 2.33 bits per heavy atom. The molecule has 1 fully saturated rings. The fourth-order valence-corrected chi connectivity index (χ4v) is 2.23. The Hall–Kier alpha value is -0.940. The summed E-state index contributed by atoms with van der Waals surface area (Å²) in [4.78, 5) is 11.1. The summed E-state index contributed by atoms with van der Waals surface area (Å²) >= 11 is 1.25. The normalized spacial score (nSPS) is 17.7. The van der Waals surface area contributed by atoms with Crippen molar-refractivity contribution in [2.24, 2.45) is 5.41 Å². The molecule has 1 aliphatic rings. The molecular weight excluding hydrogens is 212 g/mol. The Balaban J connectivity index is 1.80. The maximum atomic E-state index is 10.5. The molecule has 15 heavy (non-hydrogen) atoms. The third-order valence-electron chi connectivity index (χ3n) is 2.78. The monoisotopic (exact) mass is 226 g/mol. The molecule has 0 aromatic carbocycles. The van der Waals surface area contributed by atoms with Crippen molar-refractivity contribution in [2.45, 2.75) is 26.3 Å². The van der Waals surface area contributed by atoms with Crippen LogP contribution in [0.3, 0.4) is 0 Å². The van der Waals surface area contributed by atoms with Crippen molar-refractivity contribution < 1.29 is 4.92 Å². The molecule has 1 saturated carbocycles. The molecule has 1 aromatic heterocycles. The summed E-state index contributed by atoms with van der Waals surface area (Å²) in [6.45, 7) is 4.02. The fraction of sp³-hybridized carbons (Fsp3) is 0.600. The molecule has 4 nitrogen and oxygen atoms in total. The van der Waals surface area contributed by atoms with Crippen LogP contribution in [0.5, 0.6) is 0 Å². The molecule has 1 aromatic rings. The first-order valence-electron chi connectivity index (χ1n) is 5.03. The lowest BCUT2D eigenvalue weighted by Crippen LogP contribution is -2.20. The zero-order valence-corrected chi connectivity index (χ0v) is 9.47. The van der Waals surface area contributed by atoms with Gasteiger partial charge in [0.25, 0.3) is 0 Å². The molecule has 0 bridgehead atoms. The molecule has 0 atom stereocenters. The highest BCUT2D eigenvalue weighted by atomic mass is 32.1. The van der Waals surface area contributed by atoms with Gasteiger partial charge in [0, 0.05) is 24.0 Å². The van der Waals surface area contributed by atoms with Gasteiger partial charge in [-0.25, -0.2) is 0 Å². The van der Waals surface area contributed by atoms with Crippen molar-refractivity contribution in [2.75, 3.05) is 6.54 Å². The molecule has 1 heterocycles. The lowest BCUT2D eigenvalue weighted by atomic mass is 10.1. The van der Waals surface area contributed by atoms with Crippen molar-refractivity contribution in [3.63, 3.8) is 0 Å². The van der Waals surface area contributed by atoms with Crippen molar-refractivity contribution in [1.29, 1.82) is 0 Å². The molecule has 0 aliphatic heterocycles. The fourth-order valence-electron chi connectivity index (χ4n) is 1.44. The van der Waals surface area contributed by atoms with E-state index in [0.717, 1.165) is 18.0 Å². The van der Waals surface area contributed by atoms with Gasteiger partial charge < -0.3 is 5.32 Å². The Morgan fingerprint density at radius 3 is 2.87 bits per heavy atom. The summed E-state index contributed by atoms with van der Waals surface area (Å²) < 4.78 is 0. The van der Waals surface area contributed by atoms with Gasteiger partial charge in [0.15, 0.2) is 0 Å². The minimum Gasteiger partial charge on any atom is -0.311 e. The molecule has 1 aliphatic carbocycles. The van der Waals surface area contributed by atoms with Crippen molar-refractivity contribution >= 4 is 16.3 Å². The molecule has 0 saturated heterocycles. The first kappa shape index (κ1) is 10.6. The first-order chi connectivity index (χ1) is 7.09. The zero-order valence-electron chi connectivity index (χ0n) is 8.66. The van der Waals surface area contributed by atoms with Gasteiger partial charge in [-0.15, -0.1) is 0 Å². The average Bonchev–Trinajstić information content (AvgIpc) is 2.74. The maximum absolute atomic E-state index is 10.5. The largest absolute Gasteiger partial charge is 0.324 e. The number of hydrogen-bond donors (Lipinski definition) is 1. The van der Waals surface area contributed by atoms with E-state index in [1.54, 1.807) is 6.07 Å². The molecular formula is C10H14N2O2S. The van der Waals surface area contributed by atoms with E-state index in [4.69, 9.17) is 0 Å². The topological polar surface area (TPSA) is 55.2 Å². The Morgan fingerprint density at radius 1 is 1.60 bits per heavy atom. The minimum absolute atomic E-state index is 0.226. The van der Waals surface area contributed by atoms with Gasteiger partial charge in [-0.2, -0.15) is 0 Å². The van der Waals surface area contributed by atoms with Gasteiger partial charge in [0.2, 0.25) is 0 Å². The molecule has 2 rings (SSSR count). The summed E-state index contributed by atoms with van der Waals surface area (Å²) in [7, 11) is 0. The third kappa shape index (κ3) is 2.76. The van der Waals surface area contributed by atoms with Crippen LogP contribution < -0.4 is 5.32 Å². The van der Waals surface area contributed by atoms with Crippen LogP contribution in [0.15, 0.2) is 12.1 Å². The van der Waals surface area contributed by atoms with Crippen LogP contribution in [0.25, 0.3) is 0 Å². The number of hydrogen-bond acceptors (Lipinski definition) is 4. The molecule has 82 valence electrons. The summed E-state index contributed by atoms with van der Waals surface area (Å²) in [5.74, 6) is 0. The highest BCUT2D eigenvalue weighted by molar-refractivity contribution is 7.15. The summed E-state index contributed by atoms with van der Waals surface area (Å²) in [6.07, 6.45) is 2.59. The van der Waals surface area contributed by atoms with Crippen LogP contribution in [0.4, 0.5) is 5.00 Å². The third-order valence-corrected chi connectivity index (χ3v) is 3.82. The molecule has 0 spiro atoms. The Kier molecular flexibility index (Phi) is 2.75. The van der Waals surface area contributed by atoms with Crippen LogP contribution in [-0.2, 0) is 6.54 Å².